The summed E-state index contributed by atoms with van der Waals surface area (Å²) < 4.78 is 34.5. The van der Waals surface area contributed by atoms with Crippen molar-refractivity contribution in [3.05, 3.63) is 0 Å². The van der Waals surface area contributed by atoms with Crippen molar-refractivity contribution in [1.29, 1.82) is 10.5 Å². The number of Topliss-reactive ketones (excluding diaryl/α,β-unsaturated/α-hetero) is 1. The van der Waals surface area contributed by atoms with Gasteiger partial charge in [-0.15, -0.1) is 0 Å². The molecule has 12 heavy (non-hydrogen) atoms. The van der Waals surface area contributed by atoms with Gasteiger partial charge in [0, 0.05) is 6.42 Å². The number of ketones is 1. The van der Waals surface area contributed by atoms with Crippen molar-refractivity contribution in [1.82, 2.24) is 0 Å². The highest BCUT2D eigenvalue weighted by Gasteiger charge is 2.39. The highest BCUT2D eigenvalue weighted by atomic mass is 19.4. The Morgan fingerprint density at radius 3 is 2.00 bits per heavy atom. The van der Waals surface area contributed by atoms with Crippen molar-refractivity contribution >= 4 is 5.78 Å². The highest BCUT2D eigenvalue weighted by molar-refractivity contribution is 5.84. The molecule has 0 aliphatic heterocycles. The maximum absolute atomic E-state index is 11.5. The van der Waals surface area contributed by atoms with E-state index in [-0.39, 0.29) is 0 Å². The Labute approximate surface area is 66.0 Å². The van der Waals surface area contributed by atoms with E-state index in [2.05, 4.69) is 0 Å². The van der Waals surface area contributed by atoms with Gasteiger partial charge in [0.2, 0.25) is 5.78 Å². The van der Waals surface area contributed by atoms with E-state index in [9.17, 15) is 18.0 Å². The summed E-state index contributed by atoms with van der Waals surface area (Å²) in [7, 11) is 0. The fraction of sp³-hybridized carbons (Fsp3) is 0.500. The zero-order valence-electron chi connectivity index (χ0n) is 5.72. The summed E-state index contributed by atoms with van der Waals surface area (Å²) >= 11 is 0. The number of halogens is 3. The number of carbonyl (C=O) groups excluding carboxylic acids is 1. The van der Waals surface area contributed by atoms with Crippen molar-refractivity contribution in [2.24, 2.45) is 5.92 Å². The quantitative estimate of drug-likeness (QED) is 0.634. The lowest BCUT2D eigenvalue weighted by Gasteiger charge is -2.03. The first kappa shape index (κ1) is 10.4. The minimum Gasteiger partial charge on any atom is -0.289 e. The van der Waals surface area contributed by atoms with Crippen LogP contribution >= 0.6 is 0 Å². The lowest BCUT2D eigenvalue weighted by molar-refractivity contribution is -0.171. The number of rotatable bonds is 2. The Balaban J connectivity index is 4.23. The second-order valence-electron chi connectivity index (χ2n) is 1.94. The van der Waals surface area contributed by atoms with Crippen molar-refractivity contribution in [2.75, 3.05) is 0 Å². The van der Waals surface area contributed by atoms with Gasteiger partial charge in [-0.1, -0.05) is 0 Å². The minimum absolute atomic E-state index is 1.09. The van der Waals surface area contributed by atoms with Crippen molar-refractivity contribution < 1.29 is 18.0 Å². The molecule has 0 aromatic rings. The molecule has 0 atom stereocenters. The number of nitriles is 2. The van der Waals surface area contributed by atoms with Gasteiger partial charge in [0.15, 0.2) is 0 Å². The van der Waals surface area contributed by atoms with Gasteiger partial charge in [0.05, 0.1) is 12.1 Å². The summed E-state index contributed by atoms with van der Waals surface area (Å²) in [6, 6.07) is 2.55. The average molecular weight is 176 g/mol. The van der Waals surface area contributed by atoms with Crippen LogP contribution in [0.25, 0.3) is 0 Å². The Morgan fingerprint density at radius 2 is 1.75 bits per heavy atom. The maximum Gasteiger partial charge on any atom is 0.450 e. The van der Waals surface area contributed by atoms with E-state index >= 15 is 0 Å². The van der Waals surface area contributed by atoms with E-state index in [0.717, 1.165) is 0 Å². The summed E-state index contributed by atoms with van der Waals surface area (Å²) in [4.78, 5) is 10.2. The maximum atomic E-state index is 11.5. The molecule has 0 spiro atoms. The number of nitrogens with zero attached hydrogens (tertiary/aromatic N) is 2. The smallest absolute Gasteiger partial charge is 0.289 e. The molecule has 0 saturated heterocycles. The van der Waals surface area contributed by atoms with Crippen molar-refractivity contribution in [3.63, 3.8) is 0 Å². The van der Waals surface area contributed by atoms with E-state index in [4.69, 9.17) is 10.5 Å². The number of hydrogen-bond acceptors (Lipinski definition) is 3. The molecular formula is C6H3F3N2O. The molecule has 0 radical (unpaired) electrons. The summed E-state index contributed by atoms with van der Waals surface area (Å²) in [5.41, 5.74) is 0. The molecule has 3 nitrogen and oxygen atoms in total. The second-order valence-corrected chi connectivity index (χ2v) is 1.94. The van der Waals surface area contributed by atoms with Crippen LogP contribution in [0.15, 0.2) is 0 Å². The van der Waals surface area contributed by atoms with Crippen LogP contribution < -0.4 is 0 Å². The lowest BCUT2D eigenvalue weighted by atomic mass is 10.1. The summed E-state index contributed by atoms with van der Waals surface area (Å²) in [6.45, 7) is 0. The summed E-state index contributed by atoms with van der Waals surface area (Å²) in [6.07, 6.45) is -6.04. The molecular weight excluding hydrogens is 173 g/mol. The fourth-order valence-electron chi connectivity index (χ4n) is 0.421. The SMILES string of the molecule is N#CC(C#N)CC(=O)C(F)(F)F. The van der Waals surface area contributed by atoms with E-state index in [0.29, 0.717) is 0 Å². The third-order valence-electron chi connectivity index (χ3n) is 1.02. The molecule has 0 saturated carbocycles. The van der Waals surface area contributed by atoms with Gasteiger partial charge in [-0.2, -0.15) is 23.7 Å². The van der Waals surface area contributed by atoms with Gasteiger partial charge < -0.3 is 0 Å². The Bertz CT molecular complexity index is 243. The van der Waals surface area contributed by atoms with Crippen LogP contribution in [-0.2, 0) is 4.79 Å². The number of hydrogen-bond donors (Lipinski definition) is 0. The molecule has 0 bridgehead atoms. The molecule has 6 heteroatoms. The molecule has 0 fully saturated rings. The molecule has 0 amide bonds. The minimum atomic E-state index is -4.95. The van der Waals surface area contributed by atoms with Gasteiger partial charge in [0.25, 0.3) is 0 Å². The topological polar surface area (TPSA) is 64.7 Å². The lowest BCUT2D eigenvalue weighted by Crippen LogP contribution is -2.24. The van der Waals surface area contributed by atoms with Crippen LogP contribution in [0.2, 0.25) is 0 Å². The molecule has 0 aliphatic rings. The van der Waals surface area contributed by atoms with Gasteiger partial charge >= 0.3 is 6.18 Å². The molecule has 0 unspecified atom stereocenters. The zero-order chi connectivity index (χ0) is 9.78. The van der Waals surface area contributed by atoms with Crippen LogP contribution in [0.3, 0.4) is 0 Å². The van der Waals surface area contributed by atoms with Gasteiger partial charge in [-0.3, -0.25) is 4.79 Å². The Morgan fingerprint density at radius 1 is 1.33 bits per heavy atom. The zero-order valence-corrected chi connectivity index (χ0v) is 5.72. The number of alkyl halides is 3. The first-order valence-electron chi connectivity index (χ1n) is 2.81. The molecule has 0 aromatic carbocycles. The second kappa shape index (κ2) is 3.72. The third kappa shape index (κ3) is 3.02. The van der Waals surface area contributed by atoms with Gasteiger partial charge in [-0.25, -0.2) is 0 Å². The number of carbonyl (C=O) groups is 1. The Kier molecular flexibility index (Phi) is 3.24. The van der Waals surface area contributed by atoms with Gasteiger partial charge in [-0.05, 0) is 0 Å². The summed E-state index contributed by atoms with van der Waals surface area (Å²) in [5, 5.41) is 16.1. The first-order valence-corrected chi connectivity index (χ1v) is 2.81. The predicted molar refractivity (Wildman–Crippen MR) is 30.4 cm³/mol. The predicted octanol–water partition coefficient (Wildman–Crippen LogP) is 1.17. The van der Waals surface area contributed by atoms with Crippen molar-refractivity contribution in [3.8, 4) is 12.1 Å². The van der Waals surface area contributed by atoms with Crippen LogP contribution in [0.4, 0.5) is 13.2 Å². The molecule has 0 aromatic heterocycles. The van der Waals surface area contributed by atoms with E-state index in [1.807, 2.05) is 0 Å². The molecule has 0 heterocycles. The monoisotopic (exact) mass is 176 g/mol. The fourth-order valence-corrected chi connectivity index (χ4v) is 0.421. The Hall–Kier alpha value is -1.56. The van der Waals surface area contributed by atoms with Crippen LogP contribution in [0.5, 0.6) is 0 Å². The van der Waals surface area contributed by atoms with E-state index in [1.165, 1.54) is 12.1 Å². The summed E-state index contributed by atoms with van der Waals surface area (Å²) in [5.74, 6) is -3.56. The van der Waals surface area contributed by atoms with E-state index in [1.54, 1.807) is 0 Å². The molecule has 0 aliphatic carbocycles. The third-order valence-corrected chi connectivity index (χ3v) is 1.02. The van der Waals surface area contributed by atoms with Crippen LogP contribution in [0, 0.1) is 28.6 Å². The first-order chi connectivity index (χ1) is 5.41. The van der Waals surface area contributed by atoms with Crippen LogP contribution in [0.1, 0.15) is 6.42 Å². The average Bonchev–Trinajstić information content (AvgIpc) is 1.97. The standard InChI is InChI=1S/C6H3F3N2O/c7-6(8,9)5(12)1-4(2-10)3-11/h4H,1H2. The normalized spacial score (nSPS) is 10.5. The van der Waals surface area contributed by atoms with Crippen molar-refractivity contribution in [2.45, 2.75) is 12.6 Å². The van der Waals surface area contributed by atoms with Crippen LogP contribution in [-0.4, -0.2) is 12.0 Å². The molecule has 64 valence electrons. The van der Waals surface area contributed by atoms with E-state index < -0.39 is 24.3 Å². The highest BCUT2D eigenvalue weighted by Crippen LogP contribution is 2.19. The van der Waals surface area contributed by atoms with Gasteiger partial charge in [0.1, 0.15) is 5.92 Å². The largest absolute Gasteiger partial charge is 0.450 e. The molecule has 0 rings (SSSR count). The molecule has 0 N–H and O–H groups in total.